The van der Waals surface area contributed by atoms with E-state index in [1.165, 1.54) is 16.7 Å². The summed E-state index contributed by atoms with van der Waals surface area (Å²) in [5.41, 5.74) is 6.16. The fraction of sp³-hybridized carbons (Fsp3) is 0.306. The molecule has 218 valence electrons. The Kier molecular flexibility index (Phi) is 9.25. The minimum Gasteiger partial charge on any atom is -0.507 e. The van der Waals surface area contributed by atoms with Gasteiger partial charge in [0.1, 0.15) is 22.7 Å². The number of phenolic OH excluding ortho intramolecular Hbond substituents is 1. The summed E-state index contributed by atoms with van der Waals surface area (Å²) in [7, 11) is 0. The number of carbonyl (C=O) groups excluding carboxylic acids is 1. The first-order valence-electron chi connectivity index (χ1n) is 14.7. The predicted molar refractivity (Wildman–Crippen MR) is 168 cm³/mol. The molecule has 4 aromatic rings. The van der Waals surface area contributed by atoms with Gasteiger partial charge in [0, 0.05) is 28.3 Å². The zero-order chi connectivity index (χ0) is 29.6. The largest absolute Gasteiger partial charge is 0.507 e. The van der Waals surface area contributed by atoms with Crippen LogP contribution in [0.4, 0.5) is 0 Å². The van der Waals surface area contributed by atoms with Gasteiger partial charge in [-0.15, -0.1) is 0 Å². The van der Waals surface area contributed by atoms with Crippen molar-refractivity contribution in [1.29, 1.82) is 0 Å². The van der Waals surface area contributed by atoms with Crippen molar-refractivity contribution in [1.82, 2.24) is 5.32 Å². The lowest BCUT2D eigenvalue weighted by Crippen LogP contribution is -2.26. The molecule has 3 N–H and O–H groups in total. The molecule has 0 saturated carbocycles. The van der Waals surface area contributed by atoms with Crippen LogP contribution in [0.3, 0.4) is 0 Å². The number of benzene rings is 3. The second-order valence-corrected chi connectivity index (χ2v) is 10.8. The second kappa shape index (κ2) is 13.2. The van der Waals surface area contributed by atoms with Crippen molar-refractivity contribution >= 4 is 27.7 Å². The average Bonchev–Trinajstić information content (AvgIpc) is 3.34. The van der Waals surface area contributed by atoms with Crippen LogP contribution in [0.25, 0.3) is 21.7 Å². The third-order valence-corrected chi connectivity index (χ3v) is 7.95. The smallest absolute Gasteiger partial charge is 0.342 e. The Bertz CT molecular complexity index is 1680. The van der Waals surface area contributed by atoms with Crippen LogP contribution in [0.1, 0.15) is 66.4 Å². The molecule has 6 nitrogen and oxygen atoms in total. The van der Waals surface area contributed by atoms with Crippen LogP contribution >= 0.6 is 0 Å². The summed E-state index contributed by atoms with van der Waals surface area (Å²) >= 11 is 0. The number of hydrogen-bond acceptors (Lipinski definition) is 6. The maximum atomic E-state index is 13.3. The van der Waals surface area contributed by atoms with Gasteiger partial charge in [0.15, 0.2) is 0 Å². The molecule has 1 atom stereocenters. The number of fused-ring (bicyclic) bond motifs is 3. The standard InChI is InChI=1S/C36H39NO5/c1-4-41-36(40)30-24(3)42-35-29-13-9-8-12-28(29)34(39)32(31(30)35)33(37-20-21-38)27-19-15-23(2)14-16-26(22-27)18-17-25-10-6-5-7-11-25/h5-13,15,19,22,33,37-39H,4,14,16-18,20-21H2,1-3H3. The quantitative estimate of drug-likeness (QED) is 0.171. The van der Waals surface area contributed by atoms with Gasteiger partial charge >= 0.3 is 5.97 Å². The van der Waals surface area contributed by atoms with Gasteiger partial charge in [0.2, 0.25) is 0 Å². The third-order valence-electron chi connectivity index (χ3n) is 7.95. The monoisotopic (exact) mass is 565 g/mol. The van der Waals surface area contributed by atoms with E-state index in [0.717, 1.165) is 36.6 Å². The van der Waals surface area contributed by atoms with Gasteiger partial charge in [-0.1, -0.05) is 84.0 Å². The van der Waals surface area contributed by atoms with E-state index in [1.807, 2.05) is 30.3 Å². The molecule has 6 heteroatoms. The number of carbonyl (C=O) groups is 1. The predicted octanol–water partition coefficient (Wildman–Crippen LogP) is 7.63. The van der Waals surface area contributed by atoms with Crippen LogP contribution < -0.4 is 5.32 Å². The summed E-state index contributed by atoms with van der Waals surface area (Å²) in [5, 5.41) is 27.2. The average molecular weight is 566 g/mol. The molecular weight excluding hydrogens is 526 g/mol. The maximum Gasteiger partial charge on any atom is 0.342 e. The Morgan fingerprint density at radius 3 is 2.48 bits per heavy atom. The molecule has 1 heterocycles. The Morgan fingerprint density at radius 1 is 1.00 bits per heavy atom. The zero-order valence-electron chi connectivity index (χ0n) is 24.6. The molecule has 1 aromatic heterocycles. The number of phenols is 1. The van der Waals surface area contributed by atoms with Gasteiger partial charge in [0.05, 0.1) is 19.3 Å². The van der Waals surface area contributed by atoms with Gasteiger partial charge < -0.3 is 24.7 Å². The highest BCUT2D eigenvalue weighted by Gasteiger charge is 2.31. The topological polar surface area (TPSA) is 91.9 Å². The lowest BCUT2D eigenvalue weighted by atomic mass is 9.86. The molecule has 0 amide bonds. The van der Waals surface area contributed by atoms with Crippen molar-refractivity contribution < 1.29 is 24.2 Å². The van der Waals surface area contributed by atoms with Gasteiger partial charge in [-0.05, 0) is 57.6 Å². The molecule has 0 radical (unpaired) electrons. The van der Waals surface area contributed by atoms with Crippen LogP contribution in [0.2, 0.25) is 0 Å². The van der Waals surface area contributed by atoms with Crippen LogP contribution in [0, 0.1) is 6.92 Å². The van der Waals surface area contributed by atoms with E-state index in [-0.39, 0.29) is 25.5 Å². The van der Waals surface area contributed by atoms with Gasteiger partial charge in [-0.2, -0.15) is 0 Å². The van der Waals surface area contributed by atoms with Crippen molar-refractivity contribution in [2.45, 2.75) is 52.5 Å². The molecule has 1 aliphatic rings. The molecule has 0 bridgehead atoms. The zero-order valence-corrected chi connectivity index (χ0v) is 24.6. The van der Waals surface area contributed by atoms with Gasteiger partial charge in [-0.3, -0.25) is 0 Å². The van der Waals surface area contributed by atoms with Gasteiger partial charge in [0.25, 0.3) is 0 Å². The molecule has 5 rings (SSSR count). The van der Waals surface area contributed by atoms with E-state index < -0.39 is 12.0 Å². The van der Waals surface area contributed by atoms with Crippen LogP contribution in [-0.4, -0.2) is 35.9 Å². The van der Waals surface area contributed by atoms with Crippen molar-refractivity contribution in [3.63, 3.8) is 0 Å². The lowest BCUT2D eigenvalue weighted by molar-refractivity contribution is 0.0526. The second-order valence-electron chi connectivity index (χ2n) is 10.8. The highest BCUT2D eigenvalue weighted by Crippen LogP contribution is 2.46. The molecule has 0 aliphatic heterocycles. The van der Waals surface area contributed by atoms with Crippen LogP contribution in [0.5, 0.6) is 5.75 Å². The number of ether oxygens (including phenoxy) is 1. The highest BCUT2D eigenvalue weighted by atomic mass is 16.5. The number of aliphatic hydroxyl groups excluding tert-OH is 1. The highest BCUT2D eigenvalue weighted by molar-refractivity contribution is 6.16. The van der Waals surface area contributed by atoms with Crippen molar-refractivity contribution in [3.05, 3.63) is 112 Å². The van der Waals surface area contributed by atoms with Crippen molar-refractivity contribution in [2.24, 2.45) is 0 Å². The van der Waals surface area contributed by atoms with E-state index in [9.17, 15) is 15.0 Å². The summed E-state index contributed by atoms with van der Waals surface area (Å²) < 4.78 is 11.7. The Labute approximate surface area is 247 Å². The molecule has 42 heavy (non-hydrogen) atoms. The summed E-state index contributed by atoms with van der Waals surface area (Å²) in [4.78, 5) is 13.3. The minimum absolute atomic E-state index is 0.0720. The molecule has 0 fully saturated rings. The number of nitrogens with one attached hydrogen (secondary N) is 1. The first-order chi connectivity index (χ1) is 20.4. The normalized spacial score (nSPS) is 14.6. The maximum absolute atomic E-state index is 13.3. The summed E-state index contributed by atoms with van der Waals surface area (Å²) in [6.45, 7) is 6.07. The molecule has 0 saturated heterocycles. The fourth-order valence-corrected chi connectivity index (χ4v) is 5.83. The van der Waals surface area contributed by atoms with E-state index in [0.29, 0.717) is 33.2 Å². The first-order valence-corrected chi connectivity index (χ1v) is 14.7. The van der Waals surface area contributed by atoms with Crippen LogP contribution in [-0.2, 0) is 11.2 Å². The number of rotatable bonds is 10. The third kappa shape index (κ3) is 6.06. The van der Waals surface area contributed by atoms with E-state index in [2.05, 4.69) is 54.7 Å². The molecule has 1 aliphatic carbocycles. The Balaban J connectivity index is 1.73. The van der Waals surface area contributed by atoms with E-state index in [4.69, 9.17) is 9.15 Å². The number of aryl methyl sites for hydroxylation is 2. The summed E-state index contributed by atoms with van der Waals surface area (Å²) in [5.74, 6) is 0.0118. The summed E-state index contributed by atoms with van der Waals surface area (Å²) in [6.07, 6.45) is 10.2. The molecule has 3 aromatic carbocycles. The van der Waals surface area contributed by atoms with Crippen LogP contribution in [0.15, 0.2) is 94.0 Å². The number of furan rings is 1. The summed E-state index contributed by atoms with van der Waals surface area (Å²) in [6, 6.07) is 17.4. The van der Waals surface area contributed by atoms with Crippen molar-refractivity contribution in [2.75, 3.05) is 19.8 Å². The molecule has 0 spiro atoms. The van der Waals surface area contributed by atoms with Gasteiger partial charge in [-0.25, -0.2) is 4.79 Å². The SMILES string of the molecule is CCOC(=O)c1c(C)oc2c1c(C(NCCO)C1=CC=C(C)CCC(CCc3ccccc3)=C1)c(O)c1ccccc12. The lowest BCUT2D eigenvalue weighted by Gasteiger charge is -2.25. The Hall–Kier alpha value is -4.13. The number of aromatic hydroxyl groups is 1. The minimum atomic E-state index is -0.539. The molecular formula is C36H39NO5. The first kappa shape index (κ1) is 29.4. The molecule has 1 unspecified atom stereocenters. The number of allylic oxidation sites excluding steroid dienone is 4. The van der Waals surface area contributed by atoms with E-state index >= 15 is 0 Å². The van der Waals surface area contributed by atoms with Crippen molar-refractivity contribution in [3.8, 4) is 5.75 Å². The van der Waals surface area contributed by atoms with E-state index in [1.54, 1.807) is 13.8 Å². The Morgan fingerprint density at radius 2 is 1.74 bits per heavy atom. The number of esters is 1. The number of aliphatic hydroxyl groups is 1. The fourth-order valence-electron chi connectivity index (χ4n) is 5.83. The number of hydrogen-bond donors (Lipinski definition) is 3.